The highest BCUT2D eigenvalue weighted by atomic mass is 19.1. The Labute approximate surface area is 94.5 Å². The fourth-order valence-corrected chi connectivity index (χ4v) is 1.61. The van der Waals surface area contributed by atoms with Gasteiger partial charge < -0.3 is 0 Å². The Hall–Kier alpha value is -2.37. The molecule has 0 saturated carbocycles. The number of nitrogens with zero attached hydrogens (tertiary/aromatic N) is 4. The molecule has 0 atom stereocenters. The maximum absolute atomic E-state index is 13.6. The molecular weight excluding hydrogens is 226 g/mol. The van der Waals surface area contributed by atoms with Crippen LogP contribution in [0, 0.1) is 11.6 Å². The van der Waals surface area contributed by atoms with E-state index in [-0.39, 0.29) is 5.69 Å². The Morgan fingerprint density at radius 1 is 1.12 bits per heavy atom. The van der Waals surface area contributed by atoms with E-state index in [4.69, 9.17) is 0 Å². The quantitative estimate of drug-likeness (QED) is 0.645. The predicted molar refractivity (Wildman–Crippen MR) is 56.6 cm³/mol. The highest BCUT2D eigenvalue weighted by Gasteiger charge is 2.10. The zero-order chi connectivity index (χ0) is 11.8. The van der Waals surface area contributed by atoms with E-state index >= 15 is 0 Å². The van der Waals surface area contributed by atoms with E-state index in [2.05, 4.69) is 15.1 Å². The third-order valence-corrected chi connectivity index (χ3v) is 2.37. The van der Waals surface area contributed by atoms with Gasteiger partial charge in [-0.1, -0.05) is 0 Å². The summed E-state index contributed by atoms with van der Waals surface area (Å²) in [7, 11) is 0. The van der Waals surface area contributed by atoms with E-state index in [9.17, 15) is 8.78 Å². The fraction of sp³-hybridized carbons (Fsp3) is 0. The minimum absolute atomic E-state index is 0.153. The van der Waals surface area contributed by atoms with Crippen LogP contribution >= 0.6 is 0 Å². The van der Waals surface area contributed by atoms with Crippen molar-refractivity contribution < 1.29 is 8.78 Å². The van der Waals surface area contributed by atoms with Gasteiger partial charge in [0.1, 0.15) is 17.8 Å². The number of fused-ring (bicyclic) bond motifs is 1. The topological polar surface area (TPSA) is 43.6 Å². The summed E-state index contributed by atoms with van der Waals surface area (Å²) in [5.41, 5.74) is 0.630. The van der Waals surface area contributed by atoms with Gasteiger partial charge in [0.05, 0.1) is 11.6 Å². The molecule has 1 aromatic carbocycles. The predicted octanol–water partition coefficient (Wildman–Crippen LogP) is 2.09. The van der Waals surface area contributed by atoms with Crippen molar-refractivity contribution in [3.05, 3.63) is 48.6 Å². The molecule has 6 heteroatoms. The van der Waals surface area contributed by atoms with Gasteiger partial charge in [-0.25, -0.2) is 23.4 Å². The largest absolute Gasteiger partial charge is 0.244 e. The van der Waals surface area contributed by atoms with Crippen LogP contribution in [0.4, 0.5) is 8.78 Å². The zero-order valence-electron chi connectivity index (χ0n) is 8.51. The van der Waals surface area contributed by atoms with E-state index in [1.807, 2.05) is 0 Å². The van der Waals surface area contributed by atoms with Crippen molar-refractivity contribution in [3.63, 3.8) is 0 Å². The van der Waals surface area contributed by atoms with E-state index in [1.165, 1.54) is 29.3 Å². The van der Waals surface area contributed by atoms with Gasteiger partial charge in [-0.05, 0) is 12.1 Å². The molecule has 2 aromatic heterocycles. The molecule has 3 aromatic rings. The Morgan fingerprint density at radius 3 is 2.82 bits per heavy atom. The van der Waals surface area contributed by atoms with Gasteiger partial charge in [-0.3, -0.25) is 0 Å². The summed E-state index contributed by atoms with van der Waals surface area (Å²) in [6.45, 7) is 0. The maximum Gasteiger partial charge on any atom is 0.166 e. The third-order valence-electron chi connectivity index (χ3n) is 2.37. The average molecular weight is 232 g/mol. The van der Waals surface area contributed by atoms with E-state index in [0.717, 1.165) is 6.07 Å². The summed E-state index contributed by atoms with van der Waals surface area (Å²) < 4.78 is 27.7. The molecule has 17 heavy (non-hydrogen) atoms. The monoisotopic (exact) mass is 232 g/mol. The standard InChI is InChI=1S/C11H6F2N4/c12-8-1-2-10(9(13)3-8)17-11-7(5-16-17)4-14-6-15-11/h1-6H. The second-order valence-electron chi connectivity index (χ2n) is 3.45. The molecule has 0 amide bonds. The lowest BCUT2D eigenvalue weighted by Gasteiger charge is -2.03. The van der Waals surface area contributed by atoms with Crippen LogP contribution in [-0.2, 0) is 0 Å². The van der Waals surface area contributed by atoms with Crippen LogP contribution in [0.1, 0.15) is 0 Å². The SMILES string of the molecule is Fc1ccc(-n2ncc3cncnc32)c(F)c1. The van der Waals surface area contributed by atoms with Crippen molar-refractivity contribution in [1.29, 1.82) is 0 Å². The molecule has 0 saturated heterocycles. The molecule has 0 N–H and O–H groups in total. The van der Waals surface area contributed by atoms with Crippen molar-refractivity contribution in [3.8, 4) is 5.69 Å². The number of benzene rings is 1. The van der Waals surface area contributed by atoms with Crippen LogP contribution in [0.15, 0.2) is 36.9 Å². The fourth-order valence-electron chi connectivity index (χ4n) is 1.61. The molecule has 0 spiro atoms. The number of hydrogen-bond donors (Lipinski definition) is 0. The second-order valence-corrected chi connectivity index (χ2v) is 3.45. The molecule has 0 aliphatic rings. The van der Waals surface area contributed by atoms with Crippen LogP contribution in [0.3, 0.4) is 0 Å². The van der Waals surface area contributed by atoms with Gasteiger partial charge in [0, 0.05) is 12.3 Å². The summed E-state index contributed by atoms with van der Waals surface area (Å²) >= 11 is 0. The van der Waals surface area contributed by atoms with Crippen molar-refractivity contribution in [2.45, 2.75) is 0 Å². The van der Waals surface area contributed by atoms with Crippen LogP contribution in [0.5, 0.6) is 0 Å². The van der Waals surface area contributed by atoms with Crippen molar-refractivity contribution in [2.24, 2.45) is 0 Å². The molecule has 0 unspecified atom stereocenters. The summed E-state index contributed by atoms with van der Waals surface area (Å²) in [5, 5.41) is 4.70. The van der Waals surface area contributed by atoms with Gasteiger partial charge in [0.25, 0.3) is 0 Å². The average Bonchev–Trinajstić information content (AvgIpc) is 2.73. The zero-order valence-corrected chi connectivity index (χ0v) is 8.51. The molecule has 0 fully saturated rings. The molecule has 0 bridgehead atoms. The number of hydrogen-bond acceptors (Lipinski definition) is 3. The first-order valence-electron chi connectivity index (χ1n) is 4.85. The third kappa shape index (κ3) is 1.54. The number of rotatable bonds is 1. The van der Waals surface area contributed by atoms with E-state index in [0.29, 0.717) is 11.0 Å². The lowest BCUT2D eigenvalue weighted by Crippen LogP contribution is -2.01. The Kier molecular flexibility index (Phi) is 2.07. The van der Waals surface area contributed by atoms with Gasteiger partial charge in [-0.2, -0.15) is 5.10 Å². The smallest absolute Gasteiger partial charge is 0.166 e. The normalized spacial score (nSPS) is 10.9. The van der Waals surface area contributed by atoms with Gasteiger partial charge in [0.2, 0.25) is 0 Å². The van der Waals surface area contributed by atoms with Gasteiger partial charge in [-0.15, -0.1) is 0 Å². The van der Waals surface area contributed by atoms with Crippen LogP contribution in [-0.4, -0.2) is 19.7 Å². The van der Waals surface area contributed by atoms with Crippen LogP contribution in [0.25, 0.3) is 16.7 Å². The van der Waals surface area contributed by atoms with Gasteiger partial charge in [0.15, 0.2) is 11.5 Å². The number of halogens is 2. The van der Waals surface area contributed by atoms with Gasteiger partial charge >= 0.3 is 0 Å². The number of aromatic nitrogens is 4. The molecule has 0 aliphatic carbocycles. The van der Waals surface area contributed by atoms with Crippen LogP contribution in [0.2, 0.25) is 0 Å². The Bertz CT molecular complexity index is 693. The van der Waals surface area contributed by atoms with E-state index < -0.39 is 11.6 Å². The van der Waals surface area contributed by atoms with Crippen molar-refractivity contribution in [2.75, 3.05) is 0 Å². The minimum atomic E-state index is -0.686. The minimum Gasteiger partial charge on any atom is -0.244 e. The van der Waals surface area contributed by atoms with E-state index in [1.54, 1.807) is 6.20 Å². The lowest BCUT2D eigenvalue weighted by molar-refractivity contribution is 0.574. The molecule has 2 heterocycles. The van der Waals surface area contributed by atoms with Crippen molar-refractivity contribution >= 4 is 11.0 Å². The first kappa shape index (κ1) is 9.83. The second kappa shape index (κ2) is 3.58. The summed E-state index contributed by atoms with van der Waals surface area (Å²) in [4.78, 5) is 7.85. The maximum atomic E-state index is 13.6. The van der Waals surface area contributed by atoms with Crippen LogP contribution < -0.4 is 0 Å². The lowest BCUT2D eigenvalue weighted by atomic mass is 10.3. The van der Waals surface area contributed by atoms with Crippen molar-refractivity contribution in [1.82, 2.24) is 19.7 Å². The molecule has 3 rings (SSSR count). The molecule has 0 radical (unpaired) electrons. The Balaban J connectivity index is 2.27. The highest BCUT2D eigenvalue weighted by Crippen LogP contribution is 2.18. The molecule has 4 nitrogen and oxygen atoms in total. The summed E-state index contributed by atoms with van der Waals surface area (Å²) in [6, 6.07) is 3.30. The Morgan fingerprint density at radius 2 is 2.00 bits per heavy atom. The molecule has 84 valence electrons. The highest BCUT2D eigenvalue weighted by molar-refractivity contribution is 5.74. The molecular formula is C11H6F2N4. The first-order chi connectivity index (χ1) is 8.25. The first-order valence-corrected chi connectivity index (χ1v) is 4.85. The summed E-state index contributed by atoms with van der Waals surface area (Å²) in [6.07, 6.45) is 4.45. The molecule has 0 aliphatic heterocycles. The summed E-state index contributed by atoms with van der Waals surface area (Å²) in [5.74, 6) is -1.31.